The smallest absolute Gasteiger partial charge is 0.191 e. The van der Waals surface area contributed by atoms with Crippen molar-refractivity contribution in [2.75, 3.05) is 5.73 Å². The Balaban J connectivity index is 0.000000561. The van der Waals surface area contributed by atoms with E-state index in [1.54, 1.807) is 0 Å². The van der Waals surface area contributed by atoms with Crippen LogP contribution in [0.1, 0.15) is 45.7 Å². The molecule has 1 heterocycles. The maximum atomic E-state index is 5.45. The highest BCUT2D eigenvalue weighted by atomic mass is 16.6. The lowest BCUT2D eigenvalue weighted by atomic mass is 10.1. The maximum absolute atomic E-state index is 5.45. The van der Waals surface area contributed by atoms with Crippen molar-refractivity contribution in [2.45, 2.75) is 40.0 Å². The minimum Gasteiger partial charge on any atom is -0.379 e. The van der Waals surface area contributed by atoms with Gasteiger partial charge in [-0.1, -0.05) is 32.9 Å². The fourth-order valence-electron chi connectivity index (χ4n) is 0.738. The van der Waals surface area contributed by atoms with Crippen LogP contribution in [0.3, 0.4) is 0 Å². The van der Waals surface area contributed by atoms with E-state index >= 15 is 0 Å². The zero-order chi connectivity index (χ0) is 9.56. The molecule has 1 aromatic rings. The van der Waals surface area contributed by atoms with Crippen LogP contribution in [0.4, 0.5) is 5.82 Å². The summed E-state index contributed by atoms with van der Waals surface area (Å²) in [5.74, 6) is 0.751. The number of rotatable bonds is 2. The Morgan fingerprint density at radius 3 is 2.33 bits per heavy atom. The number of anilines is 1. The summed E-state index contributed by atoms with van der Waals surface area (Å²) in [5, 5.41) is 7.15. The second kappa shape index (κ2) is 5.57. The Hall–Kier alpha value is -1.06. The van der Waals surface area contributed by atoms with Gasteiger partial charge in [0, 0.05) is 5.92 Å². The average molecular weight is 171 g/mol. The predicted octanol–water partition coefficient (Wildman–Crippen LogP) is 2.19. The number of hydrogen-bond donors (Lipinski definition) is 1. The summed E-state index contributed by atoms with van der Waals surface area (Å²) >= 11 is 0. The summed E-state index contributed by atoms with van der Waals surface area (Å²) in [7, 11) is 0. The molecule has 4 heteroatoms. The Labute approximate surface area is 73.1 Å². The third-order valence-electron chi connectivity index (χ3n) is 1.62. The van der Waals surface area contributed by atoms with E-state index in [1.165, 1.54) is 0 Å². The summed E-state index contributed by atoms with van der Waals surface area (Å²) in [6.45, 7) is 8.11. The molecule has 1 unspecified atom stereocenters. The first-order valence-electron chi connectivity index (χ1n) is 4.33. The van der Waals surface area contributed by atoms with Crippen molar-refractivity contribution in [1.29, 1.82) is 0 Å². The van der Waals surface area contributed by atoms with Crippen LogP contribution in [0.15, 0.2) is 4.63 Å². The van der Waals surface area contributed by atoms with E-state index in [4.69, 9.17) is 5.73 Å². The summed E-state index contributed by atoms with van der Waals surface area (Å²) in [5.41, 5.74) is 6.22. The lowest BCUT2D eigenvalue weighted by Crippen LogP contribution is -1.97. The Morgan fingerprint density at radius 1 is 1.42 bits per heavy atom. The van der Waals surface area contributed by atoms with Gasteiger partial charge in [0.1, 0.15) is 5.69 Å². The van der Waals surface area contributed by atoms with Crippen LogP contribution in [0.25, 0.3) is 0 Å². The first-order chi connectivity index (χ1) is 5.75. The molecule has 1 aromatic heterocycles. The Bertz CT molecular complexity index is 210. The van der Waals surface area contributed by atoms with E-state index in [9.17, 15) is 0 Å². The SMILES string of the molecule is CC.CCC(C)c1nonc1N. The lowest BCUT2D eigenvalue weighted by Gasteiger charge is -2.00. The van der Waals surface area contributed by atoms with E-state index in [0.717, 1.165) is 12.1 Å². The molecule has 0 aromatic carbocycles. The van der Waals surface area contributed by atoms with Crippen LogP contribution in [-0.2, 0) is 0 Å². The molecule has 0 saturated heterocycles. The van der Waals surface area contributed by atoms with Crippen molar-refractivity contribution in [3.63, 3.8) is 0 Å². The van der Waals surface area contributed by atoms with Gasteiger partial charge >= 0.3 is 0 Å². The van der Waals surface area contributed by atoms with Crippen LogP contribution in [0.2, 0.25) is 0 Å². The van der Waals surface area contributed by atoms with Crippen molar-refractivity contribution in [1.82, 2.24) is 10.3 Å². The molecule has 0 saturated carbocycles. The molecule has 0 fully saturated rings. The fraction of sp³-hybridized carbons (Fsp3) is 0.750. The summed E-state index contributed by atoms with van der Waals surface area (Å²) in [6, 6.07) is 0. The van der Waals surface area contributed by atoms with Crippen LogP contribution in [0, 0.1) is 0 Å². The molecule has 0 aliphatic rings. The van der Waals surface area contributed by atoms with Gasteiger partial charge in [-0.25, -0.2) is 4.63 Å². The minimum atomic E-state index is 0.339. The molecular weight excluding hydrogens is 154 g/mol. The molecule has 0 bridgehead atoms. The first-order valence-corrected chi connectivity index (χ1v) is 4.33. The molecule has 0 aliphatic heterocycles. The summed E-state index contributed by atoms with van der Waals surface area (Å²) < 4.78 is 4.44. The van der Waals surface area contributed by atoms with Gasteiger partial charge in [0.15, 0.2) is 5.82 Å². The van der Waals surface area contributed by atoms with E-state index in [-0.39, 0.29) is 0 Å². The van der Waals surface area contributed by atoms with Crippen molar-refractivity contribution in [3.05, 3.63) is 5.69 Å². The second-order valence-electron chi connectivity index (χ2n) is 2.34. The number of aromatic nitrogens is 2. The third kappa shape index (κ3) is 2.53. The van der Waals surface area contributed by atoms with E-state index in [0.29, 0.717) is 11.7 Å². The standard InChI is InChI=1S/C6H11N3O.C2H6/c1-3-4(2)5-6(7)9-10-8-5;1-2/h4H,3H2,1-2H3,(H2,7,9);1-2H3. The van der Waals surface area contributed by atoms with E-state index < -0.39 is 0 Å². The largest absolute Gasteiger partial charge is 0.379 e. The van der Waals surface area contributed by atoms with Gasteiger partial charge in [0.05, 0.1) is 0 Å². The van der Waals surface area contributed by atoms with Gasteiger partial charge in [0.25, 0.3) is 0 Å². The lowest BCUT2D eigenvalue weighted by molar-refractivity contribution is 0.302. The molecule has 0 aliphatic carbocycles. The Morgan fingerprint density at radius 2 is 2.00 bits per heavy atom. The van der Waals surface area contributed by atoms with Gasteiger partial charge in [-0.2, -0.15) is 0 Å². The third-order valence-corrected chi connectivity index (χ3v) is 1.62. The molecule has 0 spiro atoms. The summed E-state index contributed by atoms with van der Waals surface area (Å²) in [6.07, 6.45) is 0.998. The van der Waals surface area contributed by atoms with Gasteiger partial charge in [0.2, 0.25) is 0 Å². The predicted molar refractivity (Wildman–Crippen MR) is 48.8 cm³/mol. The molecular formula is C8H17N3O. The van der Waals surface area contributed by atoms with E-state index in [1.807, 2.05) is 20.8 Å². The number of nitrogen functional groups attached to an aromatic ring is 1. The second-order valence-corrected chi connectivity index (χ2v) is 2.34. The highest BCUT2D eigenvalue weighted by Gasteiger charge is 2.11. The van der Waals surface area contributed by atoms with Gasteiger partial charge < -0.3 is 5.73 Å². The van der Waals surface area contributed by atoms with Crippen molar-refractivity contribution < 1.29 is 4.63 Å². The minimum absolute atomic E-state index is 0.339. The number of nitrogens with two attached hydrogens (primary N) is 1. The number of nitrogens with zero attached hydrogens (tertiary/aromatic N) is 2. The van der Waals surface area contributed by atoms with Crippen molar-refractivity contribution >= 4 is 5.82 Å². The molecule has 1 atom stereocenters. The summed E-state index contributed by atoms with van der Waals surface area (Å²) in [4.78, 5) is 0. The van der Waals surface area contributed by atoms with Crippen LogP contribution in [-0.4, -0.2) is 10.3 Å². The molecule has 70 valence electrons. The quantitative estimate of drug-likeness (QED) is 0.740. The topological polar surface area (TPSA) is 64.9 Å². The fourth-order valence-corrected chi connectivity index (χ4v) is 0.738. The van der Waals surface area contributed by atoms with Gasteiger partial charge in [-0.15, -0.1) is 0 Å². The zero-order valence-electron chi connectivity index (χ0n) is 8.16. The van der Waals surface area contributed by atoms with E-state index in [2.05, 4.69) is 21.9 Å². The van der Waals surface area contributed by atoms with Gasteiger partial charge in [-0.3, -0.25) is 0 Å². The van der Waals surface area contributed by atoms with Crippen LogP contribution < -0.4 is 5.73 Å². The van der Waals surface area contributed by atoms with Crippen LogP contribution >= 0.6 is 0 Å². The number of hydrogen-bond acceptors (Lipinski definition) is 4. The molecule has 2 N–H and O–H groups in total. The van der Waals surface area contributed by atoms with Crippen LogP contribution in [0.5, 0.6) is 0 Å². The maximum Gasteiger partial charge on any atom is 0.191 e. The zero-order valence-corrected chi connectivity index (χ0v) is 8.16. The normalized spacial score (nSPS) is 11.7. The molecule has 0 amide bonds. The van der Waals surface area contributed by atoms with Crippen molar-refractivity contribution in [2.24, 2.45) is 0 Å². The molecule has 12 heavy (non-hydrogen) atoms. The highest BCUT2D eigenvalue weighted by Crippen LogP contribution is 2.19. The average Bonchev–Trinajstić information content (AvgIpc) is 2.54. The molecule has 0 radical (unpaired) electrons. The van der Waals surface area contributed by atoms with Gasteiger partial charge in [-0.05, 0) is 11.6 Å². The highest BCUT2D eigenvalue weighted by molar-refractivity contribution is 5.33. The molecule has 4 nitrogen and oxygen atoms in total. The first kappa shape index (κ1) is 10.9. The van der Waals surface area contributed by atoms with Crippen molar-refractivity contribution in [3.8, 4) is 0 Å². The molecule has 1 rings (SSSR count). The Kier molecular flexibility index (Phi) is 5.08. The monoisotopic (exact) mass is 171 g/mol.